The van der Waals surface area contributed by atoms with Crippen LogP contribution < -0.4 is 0 Å². The molecule has 2 fully saturated rings. The lowest BCUT2D eigenvalue weighted by Gasteiger charge is -2.15. The molecule has 0 bridgehead atoms. The molecular weight excluding hydrogens is 132 g/mol. The van der Waals surface area contributed by atoms with Crippen LogP contribution in [0, 0.1) is 11.3 Å². The van der Waals surface area contributed by atoms with E-state index in [0.717, 1.165) is 11.3 Å². The molecule has 0 amide bonds. The largest absolute Gasteiger partial charge is 0.0656 e. The molecule has 2 unspecified atom stereocenters. The summed E-state index contributed by atoms with van der Waals surface area (Å²) in [5.74, 6) is 1.15. The van der Waals surface area contributed by atoms with Gasteiger partial charge in [-0.3, -0.25) is 0 Å². The Bertz CT molecular complexity index is 115. The van der Waals surface area contributed by atoms with Crippen molar-refractivity contribution in [1.29, 1.82) is 0 Å². The lowest BCUT2D eigenvalue weighted by Crippen LogP contribution is -2.03. The van der Waals surface area contributed by atoms with Crippen molar-refractivity contribution in [2.45, 2.75) is 59.3 Å². The number of rotatable bonds is 0. The SMILES string of the molecule is CC12CCCCC1C2.CCC. The Labute approximate surface area is 71.4 Å². The van der Waals surface area contributed by atoms with Crippen molar-refractivity contribution in [3.63, 3.8) is 0 Å². The van der Waals surface area contributed by atoms with Crippen LogP contribution in [0.5, 0.6) is 0 Å². The van der Waals surface area contributed by atoms with Gasteiger partial charge in [-0.15, -0.1) is 0 Å². The Morgan fingerprint density at radius 1 is 1.27 bits per heavy atom. The summed E-state index contributed by atoms with van der Waals surface area (Å²) in [6.07, 6.45) is 8.88. The van der Waals surface area contributed by atoms with E-state index < -0.39 is 0 Å². The smallest absolute Gasteiger partial charge is 0.0294 e. The molecule has 2 saturated carbocycles. The molecule has 2 atom stereocenters. The maximum atomic E-state index is 2.46. The van der Waals surface area contributed by atoms with E-state index in [4.69, 9.17) is 0 Å². The van der Waals surface area contributed by atoms with Crippen molar-refractivity contribution >= 4 is 0 Å². The second-order valence-electron chi connectivity index (χ2n) is 4.51. The first-order valence-corrected chi connectivity index (χ1v) is 5.23. The van der Waals surface area contributed by atoms with Crippen molar-refractivity contribution < 1.29 is 0 Å². The summed E-state index contributed by atoms with van der Waals surface area (Å²) < 4.78 is 0. The maximum Gasteiger partial charge on any atom is -0.0294 e. The summed E-state index contributed by atoms with van der Waals surface area (Å²) in [4.78, 5) is 0. The number of fused-ring (bicyclic) bond motifs is 1. The highest BCUT2D eigenvalue weighted by Crippen LogP contribution is 2.60. The third-order valence-corrected chi connectivity index (χ3v) is 3.09. The third kappa shape index (κ3) is 2.21. The first-order chi connectivity index (χ1) is 5.23. The summed E-state index contributed by atoms with van der Waals surface area (Å²) >= 11 is 0. The molecule has 2 aliphatic rings. The third-order valence-electron chi connectivity index (χ3n) is 3.09. The molecule has 0 aromatic rings. The van der Waals surface area contributed by atoms with Crippen molar-refractivity contribution in [2.75, 3.05) is 0 Å². The second kappa shape index (κ2) is 3.60. The predicted octanol–water partition coefficient (Wildman–Crippen LogP) is 4.00. The van der Waals surface area contributed by atoms with E-state index in [1.807, 2.05) is 0 Å². The molecule has 0 heterocycles. The van der Waals surface area contributed by atoms with E-state index in [2.05, 4.69) is 20.8 Å². The minimum Gasteiger partial charge on any atom is -0.0656 e. The van der Waals surface area contributed by atoms with Crippen LogP contribution in [0.2, 0.25) is 0 Å². The van der Waals surface area contributed by atoms with E-state index >= 15 is 0 Å². The van der Waals surface area contributed by atoms with Gasteiger partial charge in [-0.1, -0.05) is 40.0 Å². The topological polar surface area (TPSA) is 0 Å². The molecule has 0 spiro atoms. The van der Waals surface area contributed by atoms with Gasteiger partial charge < -0.3 is 0 Å². The summed E-state index contributed by atoms with van der Waals surface area (Å²) in [6.45, 7) is 6.71. The predicted molar refractivity (Wildman–Crippen MR) is 50.6 cm³/mol. The maximum absolute atomic E-state index is 2.46. The average Bonchev–Trinajstić information content (AvgIpc) is 2.61. The highest BCUT2D eigenvalue weighted by atomic mass is 14.5. The quantitative estimate of drug-likeness (QED) is 0.494. The summed E-state index contributed by atoms with van der Waals surface area (Å²) in [7, 11) is 0. The summed E-state index contributed by atoms with van der Waals surface area (Å²) in [6, 6.07) is 0. The van der Waals surface area contributed by atoms with Crippen LogP contribution in [0.1, 0.15) is 59.3 Å². The lowest BCUT2D eigenvalue weighted by molar-refractivity contribution is 0.366. The number of hydrogen-bond donors (Lipinski definition) is 0. The fourth-order valence-electron chi connectivity index (χ4n) is 2.18. The van der Waals surface area contributed by atoms with Gasteiger partial charge in [0.15, 0.2) is 0 Å². The minimum absolute atomic E-state index is 0.845. The average molecular weight is 154 g/mol. The van der Waals surface area contributed by atoms with Crippen LogP contribution in [0.25, 0.3) is 0 Å². The molecule has 0 heteroatoms. The zero-order valence-electron chi connectivity index (χ0n) is 8.32. The van der Waals surface area contributed by atoms with Gasteiger partial charge in [0.25, 0.3) is 0 Å². The van der Waals surface area contributed by atoms with Gasteiger partial charge in [-0.2, -0.15) is 0 Å². The summed E-state index contributed by atoms with van der Waals surface area (Å²) in [5, 5.41) is 0. The van der Waals surface area contributed by atoms with E-state index in [1.165, 1.54) is 32.1 Å². The van der Waals surface area contributed by atoms with E-state index in [1.54, 1.807) is 6.42 Å². The molecule has 0 radical (unpaired) electrons. The summed E-state index contributed by atoms with van der Waals surface area (Å²) in [5.41, 5.74) is 0.845. The van der Waals surface area contributed by atoms with E-state index in [9.17, 15) is 0 Å². The van der Waals surface area contributed by atoms with Gasteiger partial charge in [0, 0.05) is 0 Å². The molecule has 0 aliphatic heterocycles. The molecule has 0 N–H and O–H groups in total. The zero-order valence-corrected chi connectivity index (χ0v) is 8.32. The second-order valence-corrected chi connectivity index (χ2v) is 4.51. The van der Waals surface area contributed by atoms with Gasteiger partial charge in [0.2, 0.25) is 0 Å². The standard InChI is InChI=1S/C8H14.C3H8/c1-8-5-3-2-4-7(8)6-8;1-3-2/h7H,2-6H2,1H3;3H2,1-2H3. The molecule has 11 heavy (non-hydrogen) atoms. The van der Waals surface area contributed by atoms with E-state index in [0.29, 0.717) is 0 Å². The zero-order chi connectivity index (χ0) is 8.32. The fourth-order valence-corrected chi connectivity index (χ4v) is 2.18. The van der Waals surface area contributed by atoms with Crippen molar-refractivity contribution in [1.82, 2.24) is 0 Å². The Morgan fingerprint density at radius 3 is 2.27 bits per heavy atom. The van der Waals surface area contributed by atoms with Crippen LogP contribution in [0.4, 0.5) is 0 Å². The van der Waals surface area contributed by atoms with Crippen LogP contribution in [0.15, 0.2) is 0 Å². The van der Waals surface area contributed by atoms with Crippen LogP contribution >= 0.6 is 0 Å². The van der Waals surface area contributed by atoms with E-state index in [-0.39, 0.29) is 0 Å². The van der Waals surface area contributed by atoms with Crippen LogP contribution in [-0.2, 0) is 0 Å². The van der Waals surface area contributed by atoms with Crippen molar-refractivity contribution in [3.05, 3.63) is 0 Å². The van der Waals surface area contributed by atoms with Gasteiger partial charge >= 0.3 is 0 Å². The molecule has 2 aliphatic carbocycles. The van der Waals surface area contributed by atoms with Crippen molar-refractivity contribution in [2.24, 2.45) is 11.3 Å². The minimum atomic E-state index is 0.845. The molecule has 0 saturated heterocycles. The Balaban J connectivity index is 0.000000179. The van der Waals surface area contributed by atoms with Gasteiger partial charge in [-0.05, 0) is 30.6 Å². The molecule has 2 rings (SSSR count). The fraction of sp³-hybridized carbons (Fsp3) is 1.00. The highest BCUT2D eigenvalue weighted by Gasteiger charge is 2.50. The molecule has 0 nitrogen and oxygen atoms in total. The van der Waals surface area contributed by atoms with Crippen molar-refractivity contribution in [3.8, 4) is 0 Å². The lowest BCUT2D eigenvalue weighted by atomic mass is 9.90. The first kappa shape index (κ1) is 9.09. The Hall–Kier alpha value is 0. The Kier molecular flexibility index (Phi) is 2.98. The van der Waals surface area contributed by atoms with Crippen LogP contribution in [0.3, 0.4) is 0 Å². The molecular formula is C11H22. The molecule has 66 valence electrons. The monoisotopic (exact) mass is 154 g/mol. The van der Waals surface area contributed by atoms with Gasteiger partial charge in [0.05, 0.1) is 0 Å². The first-order valence-electron chi connectivity index (χ1n) is 5.23. The highest BCUT2D eigenvalue weighted by molar-refractivity contribution is 5.00. The van der Waals surface area contributed by atoms with Gasteiger partial charge in [0.1, 0.15) is 0 Å². The normalized spacial score (nSPS) is 40.1. The molecule has 0 aromatic heterocycles. The number of hydrogen-bond acceptors (Lipinski definition) is 0. The Morgan fingerprint density at radius 2 is 1.91 bits per heavy atom. The van der Waals surface area contributed by atoms with Gasteiger partial charge in [-0.25, -0.2) is 0 Å². The van der Waals surface area contributed by atoms with Crippen LogP contribution in [-0.4, -0.2) is 0 Å². The molecule has 0 aromatic carbocycles.